The van der Waals surface area contributed by atoms with Crippen molar-refractivity contribution in [2.24, 2.45) is 5.41 Å². The third-order valence-corrected chi connectivity index (χ3v) is 3.25. The zero-order chi connectivity index (χ0) is 13.2. The quantitative estimate of drug-likeness (QED) is 0.720. The molecule has 1 aromatic carbocycles. The Bertz CT molecular complexity index is 508. The number of fused-ring (bicyclic) bond motifs is 1. The van der Waals surface area contributed by atoms with Crippen LogP contribution in [0.1, 0.15) is 50.7 Å². The second-order valence-corrected chi connectivity index (χ2v) is 5.98. The molecule has 0 aromatic heterocycles. The number of carbonyl (C=O) groups is 1. The van der Waals surface area contributed by atoms with Crippen molar-refractivity contribution in [2.75, 3.05) is 0 Å². The minimum Gasteiger partial charge on any atom is -0.298 e. The standard InChI is InChI=1S/C17H20O/c1-17(2,3)12-6-9-16(18)15-11-10-13-7-4-5-8-14(13)15/h4-5,7-8,15H,9-11H2,1-3H3. The lowest BCUT2D eigenvalue weighted by Gasteiger charge is -2.09. The normalized spacial score (nSPS) is 17.8. The molecule has 0 saturated heterocycles. The minimum absolute atomic E-state index is 0.0200. The first-order valence-corrected chi connectivity index (χ1v) is 6.58. The number of carbonyl (C=O) groups excluding carboxylic acids is 1. The van der Waals surface area contributed by atoms with Gasteiger partial charge in [-0.15, -0.1) is 0 Å². The van der Waals surface area contributed by atoms with Gasteiger partial charge in [0.15, 0.2) is 5.78 Å². The summed E-state index contributed by atoms with van der Waals surface area (Å²) < 4.78 is 0. The Morgan fingerprint density at radius 3 is 2.78 bits per heavy atom. The number of ketones is 1. The van der Waals surface area contributed by atoms with Gasteiger partial charge in [0.2, 0.25) is 0 Å². The molecule has 0 bridgehead atoms. The van der Waals surface area contributed by atoms with Crippen molar-refractivity contribution >= 4 is 5.78 Å². The van der Waals surface area contributed by atoms with Crippen LogP contribution in [0.15, 0.2) is 24.3 Å². The van der Waals surface area contributed by atoms with E-state index in [9.17, 15) is 4.79 Å². The number of rotatable bonds is 2. The zero-order valence-corrected chi connectivity index (χ0v) is 11.4. The lowest BCUT2D eigenvalue weighted by Crippen LogP contribution is -2.09. The van der Waals surface area contributed by atoms with Gasteiger partial charge in [0.05, 0.1) is 6.42 Å². The molecule has 0 fully saturated rings. The first-order chi connectivity index (χ1) is 8.47. The van der Waals surface area contributed by atoms with Crippen LogP contribution in [0.4, 0.5) is 0 Å². The van der Waals surface area contributed by atoms with Crippen LogP contribution in [0.2, 0.25) is 0 Å². The first kappa shape index (κ1) is 12.9. The average Bonchev–Trinajstić information content (AvgIpc) is 2.70. The summed E-state index contributed by atoms with van der Waals surface area (Å²) in [5.74, 6) is 6.52. The molecule has 1 aliphatic carbocycles. The predicted molar refractivity (Wildman–Crippen MR) is 74.4 cm³/mol. The smallest absolute Gasteiger partial charge is 0.152 e. The molecule has 1 unspecified atom stereocenters. The Kier molecular flexibility index (Phi) is 3.57. The van der Waals surface area contributed by atoms with Crippen LogP contribution in [-0.2, 0) is 11.2 Å². The Labute approximate surface area is 110 Å². The Morgan fingerprint density at radius 2 is 2.06 bits per heavy atom. The molecule has 94 valence electrons. The van der Waals surface area contributed by atoms with Gasteiger partial charge in [0.1, 0.15) is 0 Å². The fourth-order valence-electron chi connectivity index (χ4n) is 2.41. The average molecular weight is 240 g/mol. The van der Waals surface area contributed by atoms with Gasteiger partial charge in [-0.3, -0.25) is 4.79 Å². The van der Waals surface area contributed by atoms with E-state index < -0.39 is 0 Å². The minimum atomic E-state index is -0.0200. The topological polar surface area (TPSA) is 17.1 Å². The number of benzene rings is 1. The van der Waals surface area contributed by atoms with Gasteiger partial charge in [0, 0.05) is 11.3 Å². The van der Waals surface area contributed by atoms with Gasteiger partial charge in [-0.25, -0.2) is 0 Å². The highest BCUT2D eigenvalue weighted by Gasteiger charge is 2.27. The van der Waals surface area contributed by atoms with Crippen molar-refractivity contribution in [3.05, 3.63) is 35.4 Å². The van der Waals surface area contributed by atoms with Crippen LogP contribution >= 0.6 is 0 Å². The van der Waals surface area contributed by atoms with Gasteiger partial charge in [-0.1, -0.05) is 36.1 Å². The Hall–Kier alpha value is -1.55. The van der Waals surface area contributed by atoms with E-state index in [4.69, 9.17) is 0 Å². The number of hydrogen-bond acceptors (Lipinski definition) is 1. The van der Waals surface area contributed by atoms with E-state index in [2.05, 4.69) is 44.7 Å². The van der Waals surface area contributed by atoms with Gasteiger partial charge in [-0.05, 0) is 44.7 Å². The molecule has 0 N–H and O–H groups in total. The lowest BCUT2D eigenvalue weighted by molar-refractivity contribution is -0.119. The van der Waals surface area contributed by atoms with E-state index in [-0.39, 0.29) is 17.1 Å². The summed E-state index contributed by atoms with van der Waals surface area (Å²) in [5.41, 5.74) is 2.54. The van der Waals surface area contributed by atoms with Crippen LogP contribution in [0.25, 0.3) is 0 Å². The van der Waals surface area contributed by atoms with Crippen LogP contribution in [0.5, 0.6) is 0 Å². The molecule has 18 heavy (non-hydrogen) atoms. The second kappa shape index (κ2) is 4.98. The number of aryl methyl sites for hydroxylation is 1. The number of hydrogen-bond donors (Lipinski definition) is 0. The molecule has 0 aliphatic heterocycles. The van der Waals surface area contributed by atoms with Crippen molar-refractivity contribution in [1.82, 2.24) is 0 Å². The molecule has 1 atom stereocenters. The summed E-state index contributed by atoms with van der Waals surface area (Å²) in [6.07, 6.45) is 2.37. The third kappa shape index (κ3) is 3.01. The molecule has 2 rings (SSSR count). The maximum atomic E-state index is 12.2. The maximum absolute atomic E-state index is 12.2. The zero-order valence-electron chi connectivity index (χ0n) is 11.4. The van der Waals surface area contributed by atoms with Crippen LogP contribution < -0.4 is 0 Å². The molecule has 0 spiro atoms. The van der Waals surface area contributed by atoms with Crippen molar-refractivity contribution in [2.45, 2.75) is 46.0 Å². The fourth-order valence-corrected chi connectivity index (χ4v) is 2.41. The summed E-state index contributed by atoms with van der Waals surface area (Å²) in [6, 6.07) is 8.28. The van der Waals surface area contributed by atoms with Gasteiger partial charge >= 0.3 is 0 Å². The Morgan fingerprint density at radius 1 is 1.33 bits per heavy atom. The van der Waals surface area contributed by atoms with Gasteiger partial charge < -0.3 is 0 Å². The molecule has 0 heterocycles. The largest absolute Gasteiger partial charge is 0.298 e. The third-order valence-electron chi connectivity index (χ3n) is 3.25. The molecule has 0 saturated carbocycles. The van der Waals surface area contributed by atoms with Crippen molar-refractivity contribution in [1.29, 1.82) is 0 Å². The molecular weight excluding hydrogens is 220 g/mol. The highest BCUT2D eigenvalue weighted by Crippen LogP contribution is 2.34. The molecule has 1 aromatic rings. The van der Waals surface area contributed by atoms with E-state index in [1.807, 2.05) is 12.1 Å². The first-order valence-electron chi connectivity index (χ1n) is 6.58. The highest BCUT2D eigenvalue weighted by atomic mass is 16.1. The maximum Gasteiger partial charge on any atom is 0.152 e. The summed E-state index contributed by atoms with van der Waals surface area (Å²) in [4.78, 5) is 12.2. The summed E-state index contributed by atoms with van der Waals surface area (Å²) in [7, 11) is 0. The predicted octanol–water partition coefficient (Wildman–Crippen LogP) is 3.73. The summed E-state index contributed by atoms with van der Waals surface area (Å²) in [6.45, 7) is 6.19. The Balaban J connectivity index is 2.06. The molecular formula is C17H20O. The van der Waals surface area contributed by atoms with E-state index in [1.54, 1.807) is 0 Å². The van der Waals surface area contributed by atoms with Gasteiger partial charge in [0.25, 0.3) is 0 Å². The summed E-state index contributed by atoms with van der Waals surface area (Å²) in [5, 5.41) is 0. The van der Waals surface area contributed by atoms with Crippen molar-refractivity contribution in [3.63, 3.8) is 0 Å². The molecule has 0 radical (unpaired) electrons. The number of Topliss-reactive ketones (excluding diaryl/α,β-unsaturated/α-hetero) is 1. The summed E-state index contributed by atoms with van der Waals surface area (Å²) >= 11 is 0. The fraction of sp³-hybridized carbons (Fsp3) is 0.471. The molecule has 0 amide bonds. The SMILES string of the molecule is CC(C)(C)C#CCC(=O)C1CCc2ccccc21. The van der Waals surface area contributed by atoms with Gasteiger partial charge in [-0.2, -0.15) is 0 Å². The van der Waals surface area contributed by atoms with Crippen LogP contribution in [0, 0.1) is 17.3 Å². The second-order valence-electron chi connectivity index (χ2n) is 5.98. The van der Waals surface area contributed by atoms with Crippen LogP contribution in [0.3, 0.4) is 0 Å². The monoisotopic (exact) mass is 240 g/mol. The molecule has 1 aliphatic rings. The van der Waals surface area contributed by atoms with Crippen LogP contribution in [-0.4, -0.2) is 5.78 Å². The van der Waals surface area contributed by atoms with Crippen molar-refractivity contribution < 1.29 is 4.79 Å². The van der Waals surface area contributed by atoms with E-state index >= 15 is 0 Å². The van der Waals surface area contributed by atoms with E-state index in [0.717, 1.165) is 12.8 Å². The van der Waals surface area contributed by atoms with E-state index in [1.165, 1.54) is 11.1 Å². The molecule has 1 nitrogen and oxygen atoms in total. The van der Waals surface area contributed by atoms with E-state index in [0.29, 0.717) is 6.42 Å². The highest BCUT2D eigenvalue weighted by molar-refractivity contribution is 5.88. The van der Waals surface area contributed by atoms with Crippen molar-refractivity contribution in [3.8, 4) is 11.8 Å². The molecule has 1 heteroatoms. The lowest BCUT2D eigenvalue weighted by atomic mass is 9.93.